The Balaban J connectivity index is 3.37. The molecule has 8 heteroatoms. The molecule has 5 nitrogen and oxygen atoms in total. The molecule has 0 spiro atoms. The van der Waals surface area contributed by atoms with Crippen molar-refractivity contribution in [1.82, 2.24) is 0 Å². The molecule has 0 amide bonds. The van der Waals surface area contributed by atoms with Gasteiger partial charge in [0, 0.05) is 5.56 Å². The minimum Gasteiger partial charge on any atom is -0.466 e. The molecular formula is C12H15F3O5. The van der Waals surface area contributed by atoms with Gasteiger partial charge in [0.15, 0.2) is 0 Å². The molecule has 1 atom stereocenters. The number of rotatable bonds is 4. The van der Waals surface area contributed by atoms with Gasteiger partial charge in [-0.1, -0.05) is 0 Å². The third kappa shape index (κ3) is 2.96. The molecule has 0 saturated heterocycles. The fourth-order valence-corrected chi connectivity index (χ4v) is 1.83. The molecule has 1 aromatic rings. The van der Waals surface area contributed by atoms with E-state index in [1.54, 1.807) is 0 Å². The maximum absolute atomic E-state index is 12.8. The summed E-state index contributed by atoms with van der Waals surface area (Å²) in [6.45, 7) is 3.98. The van der Waals surface area contributed by atoms with Crippen molar-refractivity contribution in [3.05, 3.63) is 23.2 Å². The van der Waals surface area contributed by atoms with E-state index in [4.69, 9.17) is 4.42 Å². The SMILES string of the molecule is CCOC(=O)C(c1cc(C)oc1C)C(O)(O)C(F)(F)F. The number of alkyl halides is 3. The van der Waals surface area contributed by atoms with Crippen LogP contribution in [0.5, 0.6) is 0 Å². The van der Waals surface area contributed by atoms with Crippen LogP contribution in [0.15, 0.2) is 10.5 Å². The first-order chi connectivity index (χ1) is 9.02. The summed E-state index contributed by atoms with van der Waals surface area (Å²) in [5, 5.41) is 18.8. The summed E-state index contributed by atoms with van der Waals surface area (Å²) in [5.74, 6) is -7.75. The van der Waals surface area contributed by atoms with Gasteiger partial charge in [0.1, 0.15) is 17.4 Å². The Labute approximate surface area is 113 Å². The van der Waals surface area contributed by atoms with Crippen LogP contribution in [0.3, 0.4) is 0 Å². The number of hydrogen-bond acceptors (Lipinski definition) is 5. The lowest BCUT2D eigenvalue weighted by Gasteiger charge is -2.31. The van der Waals surface area contributed by atoms with Crippen LogP contribution in [0.4, 0.5) is 13.2 Å². The zero-order valence-electron chi connectivity index (χ0n) is 11.1. The Bertz CT molecular complexity index is 490. The molecule has 0 aromatic carbocycles. The quantitative estimate of drug-likeness (QED) is 0.654. The highest BCUT2D eigenvalue weighted by Crippen LogP contribution is 2.41. The van der Waals surface area contributed by atoms with E-state index in [1.807, 2.05) is 0 Å². The van der Waals surface area contributed by atoms with Gasteiger partial charge in [0.2, 0.25) is 0 Å². The molecule has 0 aliphatic carbocycles. The summed E-state index contributed by atoms with van der Waals surface area (Å²) < 4.78 is 47.8. The van der Waals surface area contributed by atoms with Gasteiger partial charge in [-0.25, -0.2) is 0 Å². The van der Waals surface area contributed by atoms with Gasteiger partial charge in [-0.2, -0.15) is 13.2 Å². The predicted molar refractivity (Wildman–Crippen MR) is 60.8 cm³/mol. The van der Waals surface area contributed by atoms with Gasteiger partial charge >= 0.3 is 12.1 Å². The smallest absolute Gasteiger partial charge is 0.444 e. The lowest BCUT2D eigenvalue weighted by atomic mass is 9.90. The van der Waals surface area contributed by atoms with Crippen LogP contribution in [-0.4, -0.2) is 34.8 Å². The molecule has 114 valence electrons. The zero-order valence-corrected chi connectivity index (χ0v) is 11.1. The molecule has 1 unspecified atom stereocenters. The highest BCUT2D eigenvalue weighted by Gasteiger charge is 2.62. The lowest BCUT2D eigenvalue weighted by Crippen LogP contribution is -2.53. The van der Waals surface area contributed by atoms with E-state index in [0.717, 1.165) is 6.07 Å². The first-order valence-corrected chi connectivity index (χ1v) is 5.77. The van der Waals surface area contributed by atoms with Crippen LogP contribution in [0, 0.1) is 13.8 Å². The number of esters is 1. The predicted octanol–water partition coefficient (Wildman–Crippen LogP) is 1.79. The van der Waals surface area contributed by atoms with E-state index >= 15 is 0 Å². The summed E-state index contributed by atoms with van der Waals surface area (Å²) in [6, 6.07) is 1.14. The summed E-state index contributed by atoms with van der Waals surface area (Å²) in [6.07, 6.45) is -5.43. The first kappa shape index (κ1) is 16.5. The largest absolute Gasteiger partial charge is 0.466 e. The number of carbonyl (C=O) groups is 1. The van der Waals surface area contributed by atoms with Crippen LogP contribution in [0.1, 0.15) is 29.9 Å². The molecule has 1 rings (SSSR count). The number of ether oxygens (including phenoxy) is 1. The fourth-order valence-electron chi connectivity index (χ4n) is 1.83. The average molecular weight is 296 g/mol. The average Bonchev–Trinajstić information content (AvgIpc) is 2.56. The number of carbonyl (C=O) groups excluding carboxylic acids is 1. The normalized spacial score (nSPS) is 14.2. The third-order valence-electron chi connectivity index (χ3n) is 2.73. The van der Waals surface area contributed by atoms with Crippen LogP contribution in [0.2, 0.25) is 0 Å². The van der Waals surface area contributed by atoms with Crippen LogP contribution in [0.25, 0.3) is 0 Å². The van der Waals surface area contributed by atoms with Crippen molar-refractivity contribution in [3.63, 3.8) is 0 Å². The van der Waals surface area contributed by atoms with Crippen LogP contribution < -0.4 is 0 Å². The second-order valence-electron chi connectivity index (χ2n) is 4.28. The molecule has 0 fully saturated rings. The highest BCUT2D eigenvalue weighted by molar-refractivity contribution is 5.80. The van der Waals surface area contributed by atoms with E-state index in [0.29, 0.717) is 0 Å². The maximum atomic E-state index is 12.8. The summed E-state index contributed by atoms with van der Waals surface area (Å²) in [4.78, 5) is 11.7. The first-order valence-electron chi connectivity index (χ1n) is 5.77. The van der Waals surface area contributed by atoms with Crippen molar-refractivity contribution in [3.8, 4) is 0 Å². The van der Waals surface area contributed by atoms with Gasteiger partial charge in [-0.3, -0.25) is 4.79 Å². The zero-order chi connectivity index (χ0) is 15.7. The second kappa shape index (κ2) is 5.45. The molecule has 1 aromatic heterocycles. The molecule has 0 radical (unpaired) electrons. The number of halogens is 3. The van der Waals surface area contributed by atoms with E-state index in [2.05, 4.69) is 4.74 Å². The van der Waals surface area contributed by atoms with E-state index < -0.39 is 23.9 Å². The van der Waals surface area contributed by atoms with Crippen molar-refractivity contribution >= 4 is 5.97 Å². The topological polar surface area (TPSA) is 79.9 Å². The second-order valence-corrected chi connectivity index (χ2v) is 4.28. The molecule has 0 bridgehead atoms. The molecule has 0 aliphatic rings. The lowest BCUT2D eigenvalue weighted by molar-refractivity contribution is -0.355. The Hall–Kier alpha value is -1.54. The Kier molecular flexibility index (Phi) is 4.50. The van der Waals surface area contributed by atoms with Gasteiger partial charge in [-0.15, -0.1) is 0 Å². The van der Waals surface area contributed by atoms with Crippen molar-refractivity contribution < 1.29 is 37.3 Å². The van der Waals surface area contributed by atoms with Gasteiger partial charge in [0.05, 0.1) is 6.61 Å². The number of aliphatic hydroxyl groups is 2. The van der Waals surface area contributed by atoms with E-state index in [9.17, 15) is 28.2 Å². The molecule has 0 aliphatic heterocycles. The van der Waals surface area contributed by atoms with Gasteiger partial charge in [0.25, 0.3) is 5.79 Å². The van der Waals surface area contributed by atoms with Gasteiger partial charge < -0.3 is 19.4 Å². The van der Waals surface area contributed by atoms with Crippen molar-refractivity contribution in [2.24, 2.45) is 0 Å². The van der Waals surface area contributed by atoms with Crippen molar-refractivity contribution in [2.75, 3.05) is 6.61 Å². The third-order valence-corrected chi connectivity index (χ3v) is 2.73. The molecule has 0 saturated carbocycles. The monoisotopic (exact) mass is 296 g/mol. The highest BCUT2D eigenvalue weighted by atomic mass is 19.4. The Morgan fingerprint density at radius 1 is 1.40 bits per heavy atom. The van der Waals surface area contributed by atoms with Crippen molar-refractivity contribution in [1.29, 1.82) is 0 Å². The minimum absolute atomic E-state index is 0.0164. The minimum atomic E-state index is -5.43. The number of aryl methyl sites for hydroxylation is 2. The van der Waals surface area contributed by atoms with E-state index in [-0.39, 0.29) is 23.7 Å². The summed E-state index contributed by atoms with van der Waals surface area (Å²) in [7, 11) is 0. The number of furan rings is 1. The Morgan fingerprint density at radius 2 is 1.95 bits per heavy atom. The summed E-state index contributed by atoms with van der Waals surface area (Å²) in [5.41, 5.74) is -0.275. The molecule has 1 heterocycles. The fraction of sp³-hybridized carbons (Fsp3) is 0.583. The number of hydrogen-bond donors (Lipinski definition) is 2. The van der Waals surface area contributed by atoms with E-state index in [1.165, 1.54) is 20.8 Å². The molecule has 20 heavy (non-hydrogen) atoms. The van der Waals surface area contributed by atoms with Gasteiger partial charge in [-0.05, 0) is 26.8 Å². The maximum Gasteiger partial charge on any atom is 0.444 e. The van der Waals surface area contributed by atoms with Crippen molar-refractivity contribution in [2.45, 2.75) is 38.7 Å². The molecular weight excluding hydrogens is 281 g/mol. The van der Waals surface area contributed by atoms with Crippen LogP contribution in [-0.2, 0) is 9.53 Å². The standard InChI is InChI=1S/C12H15F3O5/c1-4-19-10(16)9(11(17,18)12(13,14)15)8-5-6(2)20-7(8)3/h5,9,17-18H,4H2,1-3H3. The Morgan fingerprint density at radius 3 is 2.30 bits per heavy atom. The summed E-state index contributed by atoms with van der Waals surface area (Å²) >= 11 is 0. The van der Waals surface area contributed by atoms with Crippen LogP contribution >= 0.6 is 0 Å². The molecule has 2 N–H and O–H groups in total.